The van der Waals surface area contributed by atoms with Gasteiger partial charge in [0.25, 0.3) is 0 Å². The van der Waals surface area contributed by atoms with Gasteiger partial charge < -0.3 is 5.32 Å². The normalized spacial score (nSPS) is 17.9. The van der Waals surface area contributed by atoms with Gasteiger partial charge in [-0.1, -0.05) is 17.7 Å². The second kappa shape index (κ2) is 4.04. The maximum absolute atomic E-state index is 6.00. The molecule has 0 bridgehead atoms. The molecular weight excluding hydrogens is 250 g/mol. The molecule has 1 aliphatic rings. The van der Waals surface area contributed by atoms with E-state index in [1.54, 1.807) is 11.3 Å². The Balaban J connectivity index is 1.95. The first-order valence-corrected chi connectivity index (χ1v) is 6.95. The van der Waals surface area contributed by atoms with Crippen molar-refractivity contribution in [2.75, 3.05) is 5.32 Å². The van der Waals surface area contributed by atoms with Crippen molar-refractivity contribution >= 4 is 28.6 Å². The van der Waals surface area contributed by atoms with E-state index in [9.17, 15) is 0 Å². The second-order valence-corrected chi connectivity index (χ2v) is 6.40. The van der Waals surface area contributed by atoms with Crippen LogP contribution in [0, 0.1) is 13.8 Å². The third-order valence-electron chi connectivity index (χ3n) is 3.29. The molecule has 1 unspecified atom stereocenters. The summed E-state index contributed by atoms with van der Waals surface area (Å²) >= 11 is 7.67. The number of benzene rings is 1. The van der Waals surface area contributed by atoms with Crippen molar-refractivity contribution in [1.82, 2.24) is 0 Å². The molecule has 2 aromatic rings. The number of fused-ring (bicyclic) bond motifs is 1. The van der Waals surface area contributed by atoms with Gasteiger partial charge in [-0.25, -0.2) is 0 Å². The summed E-state index contributed by atoms with van der Waals surface area (Å²) in [5.74, 6) is 0. The van der Waals surface area contributed by atoms with E-state index in [2.05, 4.69) is 37.4 Å². The molecule has 1 atom stereocenters. The molecule has 0 amide bonds. The average molecular weight is 264 g/mol. The highest BCUT2D eigenvalue weighted by Gasteiger charge is 2.24. The minimum Gasteiger partial charge on any atom is -0.377 e. The molecule has 1 aliphatic heterocycles. The summed E-state index contributed by atoms with van der Waals surface area (Å²) in [6, 6.07) is 8.98. The van der Waals surface area contributed by atoms with E-state index in [1.165, 1.54) is 27.3 Å². The van der Waals surface area contributed by atoms with Crippen LogP contribution in [0.15, 0.2) is 24.3 Å². The van der Waals surface area contributed by atoms with E-state index >= 15 is 0 Å². The Kier molecular flexibility index (Phi) is 2.64. The monoisotopic (exact) mass is 263 g/mol. The summed E-state index contributed by atoms with van der Waals surface area (Å²) in [4.78, 5) is 1.32. The maximum Gasteiger partial charge on any atom is 0.0932 e. The number of thiophene rings is 1. The highest BCUT2D eigenvalue weighted by atomic mass is 35.5. The summed E-state index contributed by atoms with van der Waals surface area (Å²) in [6.45, 7) is 4.33. The minimum atomic E-state index is 0.392. The van der Waals surface area contributed by atoms with Gasteiger partial charge in [-0.2, -0.15) is 0 Å². The van der Waals surface area contributed by atoms with Crippen LogP contribution in [-0.4, -0.2) is 0 Å². The first-order valence-electron chi connectivity index (χ1n) is 5.75. The topological polar surface area (TPSA) is 12.0 Å². The predicted octanol–water partition coefficient (Wildman–Crippen LogP) is 4.73. The van der Waals surface area contributed by atoms with E-state index in [0.29, 0.717) is 6.04 Å². The van der Waals surface area contributed by atoms with Crippen molar-refractivity contribution in [3.05, 3.63) is 50.2 Å². The predicted molar refractivity (Wildman–Crippen MR) is 75.3 cm³/mol. The first kappa shape index (κ1) is 11.1. The van der Waals surface area contributed by atoms with Crippen molar-refractivity contribution in [2.45, 2.75) is 26.3 Å². The van der Waals surface area contributed by atoms with Crippen molar-refractivity contribution in [2.24, 2.45) is 0 Å². The Bertz CT molecular complexity index is 574. The van der Waals surface area contributed by atoms with E-state index in [1.807, 2.05) is 6.07 Å². The zero-order valence-electron chi connectivity index (χ0n) is 9.88. The zero-order chi connectivity index (χ0) is 12.0. The third kappa shape index (κ3) is 1.96. The molecule has 88 valence electrons. The van der Waals surface area contributed by atoms with Gasteiger partial charge in [0.1, 0.15) is 0 Å². The molecule has 0 saturated carbocycles. The molecule has 17 heavy (non-hydrogen) atoms. The molecule has 1 nitrogen and oxygen atoms in total. The number of nitrogens with one attached hydrogen (secondary N) is 1. The molecule has 0 spiro atoms. The van der Waals surface area contributed by atoms with Gasteiger partial charge in [0.2, 0.25) is 0 Å². The average Bonchev–Trinajstić information content (AvgIpc) is 2.83. The third-order valence-corrected chi connectivity index (χ3v) is 4.64. The number of hydrogen-bond donors (Lipinski definition) is 1. The Labute approximate surface area is 110 Å². The van der Waals surface area contributed by atoms with Crippen LogP contribution < -0.4 is 5.32 Å². The molecule has 0 saturated heterocycles. The van der Waals surface area contributed by atoms with E-state index in [4.69, 9.17) is 11.6 Å². The molecule has 1 aromatic carbocycles. The Morgan fingerprint density at radius 2 is 2.12 bits per heavy atom. The number of rotatable bonds is 1. The molecular formula is C14H14ClNS. The standard InChI is InChI=1S/C14H14ClNS/c1-8-5-9(2)10-7-12(16-11(10)6-8)13-3-4-14(15)17-13/h3-6,12,16H,7H2,1-2H3. The highest BCUT2D eigenvalue weighted by molar-refractivity contribution is 7.16. The van der Waals surface area contributed by atoms with Crippen LogP contribution in [0.3, 0.4) is 0 Å². The van der Waals surface area contributed by atoms with E-state index in [-0.39, 0.29) is 0 Å². The lowest BCUT2D eigenvalue weighted by atomic mass is 10.0. The van der Waals surface area contributed by atoms with Crippen molar-refractivity contribution in [1.29, 1.82) is 0 Å². The minimum absolute atomic E-state index is 0.392. The fourth-order valence-corrected chi connectivity index (χ4v) is 3.64. The number of hydrogen-bond acceptors (Lipinski definition) is 2. The second-order valence-electron chi connectivity index (χ2n) is 4.65. The van der Waals surface area contributed by atoms with Gasteiger partial charge in [0, 0.05) is 10.6 Å². The number of anilines is 1. The van der Waals surface area contributed by atoms with E-state index in [0.717, 1.165) is 10.8 Å². The molecule has 1 N–H and O–H groups in total. The van der Waals surface area contributed by atoms with Crippen molar-refractivity contribution < 1.29 is 0 Å². The fourth-order valence-electron chi connectivity index (χ4n) is 2.53. The van der Waals surface area contributed by atoms with Gasteiger partial charge in [0.05, 0.1) is 10.4 Å². The Hall–Kier alpha value is -0.990. The molecule has 0 radical (unpaired) electrons. The molecule has 2 heterocycles. The summed E-state index contributed by atoms with van der Waals surface area (Å²) in [6.07, 6.45) is 1.07. The van der Waals surface area contributed by atoms with Crippen LogP contribution in [0.25, 0.3) is 0 Å². The van der Waals surface area contributed by atoms with Gasteiger partial charge in [0.15, 0.2) is 0 Å². The lowest BCUT2D eigenvalue weighted by Crippen LogP contribution is -2.02. The van der Waals surface area contributed by atoms with Gasteiger partial charge in [-0.15, -0.1) is 11.3 Å². The lowest BCUT2D eigenvalue weighted by Gasteiger charge is -2.08. The van der Waals surface area contributed by atoms with Gasteiger partial charge in [-0.3, -0.25) is 0 Å². The zero-order valence-corrected chi connectivity index (χ0v) is 11.5. The highest BCUT2D eigenvalue weighted by Crippen LogP contribution is 2.39. The van der Waals surface area contributed by atoms with Crippen LogP contribution >= 0.6 is 22.9 Å². The smallest absolute Gasteiger partial charge is 0.0932 e. The van der Waals surface area contributed by atoms with Crippen LogP contribution in [0.5, 0.6) is 0 Å². The number of aryl methyl sites for hydroxylation is 2. The summed E-state index contributed by atoms with van der Waals surface area (Å²) in [5, 5.41) is 3.60. The van der Waals surface area contributed by atoms with Gasteiger partial charge in [-0.05, 0) is 55.2 Å². The quantitative estimate of drug-likeness (QED) is 0.784. The molecule has 0 fully saturated rings. The van der Waals surface area contributed by atoms with Crippen molar-refractivity contribution in [3.8, 4) is 0 Å². The molecule has 0 aliphatic carbocycles. The fraction of sp³-hybridized carbons (Fsp3) is 0.286. The summed E-state index contributed by atoms with van der Waals surface area (Å²) in [7, 11) is 0. The van der Waals surface area contributed by atoms with Gasteiger partial charge >= 0.3 is 0 Å². The van der Waals surface area contributed by atoms with Crippen molar-refractivity contribution in [3.63, 3.8) is 0 Å². The Morgan fingerprint density at radius 1 is 1.29 bits per heavy atom. The first-order chi connectivity index (χ1) is 8.13. The SMILES string of the molecule is Cc1cc(C)c2c(c1)NC(c1ccc(Cl)s1)C2. The summed E-state index contributed by atoms with van der Waals surface area (Å²) < 4.78 is 0.866. The lowest BCUT2D eigenvalue weighted by molar-refractivity contribution is 0.840. The van der Waals surface area contributed by atoms with Crippen LogP contribution in [0.4, 0.5) is 5.69 Å². The molecule has 3 heteroatoms. The molecule has 1 aromatic heterocycles. The maximum atomic E-state index is 6.00. The van der Waals surface area contributed by atoms with Crippen LogP contribution in [0.1, 0.15) is 27.6 Å². The van der Waals surface area contributed by atoms with Crippen LogP contribution in [0.2, 0.25) is 4.34 Å². The largest absolute Gasteiger partial charge is 0.377 e. The van der Waals surface area contributed by atoms with E-state index < -0.39 is 0 Å². The van der Waals surface area contributed by atoms with Crippen LogP contribution in [-0.2, 0) is 6.42 Å². The summed E-state index contributed by atoms with van der Waals surface area (Å²) in [5.41, 5.74) is 5.44. The Morgan fingerprint density at radius 3 is 2.82 bits per heavy atom. The molecule has 3 rings (SSSR count). The number of halogens is 1.